The van der Waals surface area contributed by atoms with E-state index in [2.05, 4.69) is 20.9 Å². The summed E-state index contributed by atoms with van der Waals surface area (Å²) in [5, 5.41) is 0.747. The maximum absolute atomic E-state index is 12.7. The molecule has 8 heteroatoms. The molecule has 0 spiro atoms. The summed E-state index contributed by atoms with van der Waals surface area (Å²) in [6, 6.07) is 14.8. The predicted octanol–water partition coefficient (Wildman–Crippen LogP) is 2.61. The first kappa shape index (κ1) is 20.0. The summed E-state index contributed by atoms with van der Waals surface area (Å²) in [7, 11) is 3.05. The number of benzene rings is 2. The molecule has 2 heterocycles. The second kappa shape index (κ2) is 7.87. The van der Waals surface area contributed by atoms with E-state index in [0.717, 1.165) is 21.0 Å². The van der Waals surface area contributed by atoms with Gasteiger partial charge in [0.05, 0.1) is 12.9 Å². The molecule has 0 saturated heterocycles. The summed E-state index contributed by atoms with van der Waals surface area (Å²) in [5.41, 5.74) is 3.17. The smallest absolute Gasteiger partial charge is 0.312 e. The van der Waals surface area contributed by atoms with Crippen LogP contribution in [0.2, 0.25) is 0 Å². The number of nitrogens with zero attached hydrogens (tertiary/aromatic N) is 4. The highest BCUT2D eigenvalue weighted by atomic mass is 79.9. The number of aromatic nitrogens is 4. The van der Waals surface area contributed by atoms with Gasteiger partial charge in [-0.25, -0.2) is 9.78 Å². The highest BCUT2D eigenvalue weighted by Gasteiger charge is 2.14. The topological polar surface area (TPSA) is 78.9 Å². The molecule has 0 radical (unpaired) electrons. The van der Waals surface area contributed by atoms with E-state index in [-0.39, 0.29) is 11.3 Å². The van der Waals surface area contributed by atoms with E-state index in [1.807, 2.05) is 36.4 Å². The molecule has 0 N–H and O–H groups in total. The first-order chi connectivity index (χ1) is 14.4. The van der Waals surface area contributed by atoms with Crippen molar-refractivity contribution in [3.8, 4) is 0 Å². The van der Waals surface area contributed by atoms with Crippen molar-refractivity contribution < 1.29 is 4.79 Å². The number of rotatable bonds is 5. The Morgan fingerprint density at radius 3 is 2.03 bits per heavy atom. The molecule has 30 heavy (non-hydrogen) atoms. The Hall–Kier alpha value is -3.26. The first-order valence-electron chi connectivity index (χ1n) is 9.30. The number of carbonyl (C=O) groups is 1. The Balaban J connectivity index is 1.62. The van der Waals surface area contributed by atoms with E-state index in [1.54, 1.807) is 30.1 Å². The van der Waals surface area contributed by atoms with Gasteiger partial charge < -0.3 is 4.57 Å². The van der Waals surface area contributed by atoms with Gasteiger partial charge in [-0.3, -0.25) is 18.7 Å². The molecule has 7 nitrogen and oxygen atoms in total. The van der Waals surface area contributed by atoms with Crippen LogP contribution < -0.4 is 11.2 Å². The average Bonchev–Trinajstić information content (AvgIpc) is 3.20. The van der Waals surface area contributed by atoms with Crippen molar-refractivity contribution >= 4 is 32.9 Å². The summed E-state index contributed by atoms with van der Waals surface area (Å²) in [5.74, 6) is -0.0401. The standard InChI is InChI=1S/C22H19BrN4O3/c1-25-20-18(21(29)26(2)22(25)30)24-13-27(20)12-15-5-9-17(10-6-15)19(28)16-7-3-14(11-23)4-8-16/h3-10,13H,11-12H2,1-2H3. The number of halogens is 1. The highest BCUT2D eigenvalue weighted by molar-refractivity contribution is 9.08. The molecule has 0 aliphatic rings. The lowest BCUT2D eigenvalue weighted by Gasteiger charge is -2.09. The zero-order valence-corrected chi connectivity index (χ0v) is 18.1. The summed E-state index contributed by atoms with van der Waals surface area (Å²) in [4.78, 5) is 41.4. The average molecular weight is 467 g/mol. The van der Waals surface area contributed by atoms with E-state index in [4.69, 9.17) is 0 Å². The van der Waals surface area contributed by atoms with Crippen LogP contribution in [0.4, 0.5) is 0 Å². The van der Waals surface area contributed by atoms with Crippen LogP contribution in [0.15, 0.2) is 64.4 Å². The van der Waals surface area contributed by atoms with Crippen LogP contribution in [0, 0.1) is 0 Å². The second-order valence-electron chi connectivity index (χ2n) is 7.11. The van der Waals surface area contributed by atoms with Crippen molar-refractivity contribution in [3.63, 3.8) is 0 Å². The number of imidazole rings is 1. The zero-order chi connectivity index (χ0) is 21.4. The normalized spacial score (nSPS) is 11.2. The minimum atomic E-state index is -0.418. The quantitative estimate of drug-likeness (QED) is 0.334. The summed E-state index contributed by atoms with van der Waals surface area (Å²) < 4.78 is 4.22. The van der Waals surface area contributed by atoms with Gasteiger partial charge in [-0.2, -0.15) is 0 Å². The molecule has 2 aromatic heterocycles. The maximum atomic E-state index is 12.7. The van der Waals surface area contributed by atoms with Crippen molar-refractivity contribution in [1.82, 2.24) is 18.7 Å². The van der Waals surface area contributed by atoms with Crippen LogP contribution in [-0.4, -0.2) is 24.5 Å². The van der Waals surface area contributed by atoms with Gasteiger partial charge in [0.1, 0.15) is 5.65 Å². The van der Waals surface area contributed by atoms with Gasteiger partial charge in [-0.1, -0.05) is 64.5 Å². The van der Waals surface area contributed by atoms with Crippen LogP contribution in [0.25, 0.3) is 11.2 Å². The van der Waals surface area contributed by atoms with E-state index in [1.165, 1.54) is 11.6 Å². The lowest BCUT2D eigenvalue weighted by molar-refractivity contribution is 0.103. The molecule has 2 aromatic carbocycles. The monoisotopic (exact) mass is 466 g/mol. The van der Waals surface area contributed by atoms with Crippen molar-refractivity contribution in [1.29, 1.82) is 0 Å². The Morgan fingerprint density at radius 2 is 1.47 bits per heavy atom. The molecule has 0 unspecified atom stereocenters. The van der Waals surface area contributed by atoms with E-state index in [9.17, 15) is 14.4 Å². The minimum Gasteiger partial charge on any atom is -0.312 e. The first-order valence-corrected chi connectivity index (χ1v) is 10.4. The lowest BCUT2D eigenvalue weighted by atomic mass is 10.0. The van der Waals surface area contributed by atoms with Gasteiger partial charge in [-0.05, 0) is 11.1 Å². The molecule has 0 atom stereocenters. The molecular weight excluding hydrogens is 448 g/mol. The Bertz CT molecular complexity index is 1360. The molecule has 4 rings (SSSR count). The van der Waals surface area contributed by atoms with Crippen molar-refractivity contribution in [2.45, 2.75) is 11.9 Å². The fourth-order valence-electron chi connectivity index (χ4n) is 3.43. The van der Waals surface area contributed by atoms with Crippen LogP contribution in [0.5, 0.6) is 0 Å². The highest BCUT2D eigenvalue weighted by Crippen LogP contribution is 2.15. The molecule has 0 amide bonds. The van der Waals surface area contributed by atoms with Gasteiger partial charge in [0, 0.05) is 30.6 Å². The SMILES string of the molecule is Cn1c(=O)c2ncn(Cc3ccc(C(=O)c4ccc(CBr)cc4)cc3)c2n(C)c1=O. The fraction of sp³-hybridized carbons (Fsp3) is 0.182. The Labute approximate surface area is 180 Å². The van der Waals surface area contributed by atoms with E-state index < -0.39 is 11.2 Å². The Kier molecular flexibility index (Phi) is 5.26. The molecule has 152 valence electrons. The number of alkyl halides is 1. The number of ketones is 1. The molecule has 0 aliphatic heterocycles. The third kappa shape index (κ3) is 3.43. The fourth-order valence-corrected chi connectivity index (χ4v) is 3.80. The van der Waals surface area contributed by atoms with Crippen molar-refractivity contribution in [2.75, 3.05) is 0 Å². The third-order valence-corrected chi connectivity index (χ3v) is 5.80. The third-order valence-electron chi connectivity index (χ3n) is 5.15. The van der Waals surface area contributed by atoms with E-state index >= 15 is 0 Å². The molecule has 0 fully saturated rings. The lowest BCUT2D eigenvalue weighted by Crippen LogP contribution is -2.37. The van der Waals surface area contributed by atoms with Crippen molar-refractivity contribution in [3.05, 3.63) is 98.0 Å². The molecule has 4 aromatic rings. The summed E-state index contributed by atoms with van der Waals surface area (Å²) in [6.45, 7) is 0.422. The minimum absolute atomic E-state index is 0.0401. The van der Waals surface area contributed by atoms with Gasteiger partial charge >= 0.3 is 5.69 Å². The zero-order valence-electron chi connectivity index (χ0n) is 16.5. The van der Waals surface area contributed by atoms with Crippen LogP contribution in [0.3, 0.4) is 0 Å². The number of hydrogen-bond acceptors (Lipinski definition) is 4. The summed E-state index contributed by atoms with van der Waals surface area (Å²) in [6.07, 6.45) is 1.55. The van der Waals surface area contributed by atoms with Gasteiger partial charge in [0.15, 0.2) is 11.3 Å². The summed E-state index contributed by atoms with van der Waals surface area (Å²) >= 11 is 3.40. The maximum Gasteiger partial charge on any atom is 0.332 e. The predicted molar refractivity (Wildman–Crippen MR) is 118 cm³/mol. The van der Waals surface area contributed by atoms with Gasteiger partial charge in [-0.15, -0.1) is 0 Å². The molecule has 0 saturated carbocycles. The second-order valence-corrected chi connectivity index (χ2v) is 7.67. The number of fused-ring (bicyclic) bond motifs is 1. The van der Waals surface area contributed by atoms with Gasteiger partial charge in [0.2, 0.25) is 0 Å². The largest absolute Gasteiger partial charge is 0.332 e. The van der Waals surface area contributed by atoms with Gasteiger partial charge in [0.25, 0.3) is 5.56 Å². The van der Waals surface area contributed by atoms with Crippen LogP contribution in [-0.2, 0) is 26.0 Å². The van der Waals surface area contributed by atoms with Crippen molar-refractivity contribution in [2.24, 2.45) is 14.1 Å². The number of carbonyl (C=O) groups excluding carboxylic acids is 1. The number of aryl methyl sites for hydroxylation is 1. The Morgan fingerprint density at radius 1 is 0.900 bits per heavy atom. The van der Waals surface area contributed by atoms with Crippen LogP contribution in [0.1, 0.15) is 27.0 Å². The van der Waals surface area contributed by atoms with E-state index in [0.29, 0.717) is 23.3 Å². The number of hydrogen-bond donors (Lipinski definition) is 0. The molecular formula is C22H19BrN4O3. The molecule has 0 aliphatic carbocycles. The molecule has 0 bridgehead atoms. The van der Waals surface area contributed by atoms with Crippen LogP contribution >= 0.6 is 15.9 Å².